The molecule has 0 aliphatic heterocycles. The summed E-state index contributed by atoms with van der Waals surface area (Å²) in [5, 5.41) is 3.66. The minimum Gasteiger partial charge on any atom is -0.345 e. The number of halogens is 1. The molecule has 1 aromatic heterocycles. The summed E-state index contributed by atoms with van der Waals surface area (Å²) < 4.78 is 0. The lowest BCUT2D eigenvalue weighted by Gasteiger charge is -2.14. The molecule has 3 rings (SSSR count). The van der Waals surface area contributed by atoms with Crippen molar-refractivity contribution in [2.45, 2.75) is 25.8 Å². The third-order valence-electron chi connectivity index (χ3n) is 3.82. The maximum Gasteiger partial charge on any atom is 0.260 e. The summed E-state index contributed by atoms with van der Waals surface area (Å²) in [5.41, 5.74) is 2.63. The van der Waals surface area contributed by atoms with Crippen LogP contribution in [0.25, 0.3) is 0 Å². The Hall–Kier alpha value is -2.07. The summed E-state index contributed by atoms with van der Waals surface area (Å²) >= 11 is 6.16. The van der Waals surface area contributed by atoms with Crippen LogP contribution in [-0.4, -0.2) is 10.9 Å². The van der Waals surface area contributed by atoms with Gasteiger partial charge in [0.15, 0.2) is 0 Å². The van der Waals surface area contributed by atoms with E-state index < -0.39 is 0 Å². The van der Waals surface area contributed by atoms with Crippen molar-refractivity contribution < 1.29 is 4.79 Å². The number of hydrogen-bond acceptors (Lipinski definition) is 2. The first-order valence-corrected chi connectivity index (χ1v) is 7.22. The van der Waals surface area contributed by atoms with E-state index in [0.717, 1.165) is 34.7 Å². The molecule has 0 spiro atoms. The normalized spacial score (nSPS) is 16.6. The third-order valence-corrected chi connectivity index (χ3v) is 4.17. The van der Waals surface area contributed by atoms with E-state index in [1.165, 1.54) is 0 Å². The Bertz CT molecular complexity index is 767. The van der Waals surface area contributed by atoms with Gasteiger partial charge in [-0.15, -0.1) is 0 Å². The molecule has 0 unspecified atom stereocenters. The lowest BCUT2D eigenvalue weighted by atomic mass is 10.1. The topological polar surface area (TPSA) is 62.0 Å². The average molecular weight is 303 g/mol. The van der Waals surface area contributed by atoms with Crippen molar-refractivity contribution in [1.29, 1.82) is 0 Å². The van der Waals surface area contributed by atoms with E-state index in [4.69, 9.17) is 11.6 Å². The Balaban J connectivity index is 1.84. The number of nitrogens with one attached hydrogen (secondary N) is 2. The number of pyridine rings is 1. The molecular weight excluding hydrogens is 288 g/mol. The smallest absolute Gasteiger partial charge is 0.260 e. The quantitative estimate of drug-likeness (QED) is 0.896. The molecule has 0 radical (unpaired) electrons. The van der Waals surface area contributed by atoms with E-state index in [1.807, 2.05) is 18.2 Å². The zero-order valence-electron chi connectivity index (χ0n) is 11.6. The van der Waals surface area contributed by atoms with Crippen LogP contribution in [0.15, 0.2) is 35.1 Å². The van der Waals surface area contributed by atoms with Crippen molar-refractivity contribution in [3.63, 3.8) is 0 Å². The highest BCUT2D eigenvalue weighted by molar-refractivity contribution is 6.31. The van der Waals surface area contributed by atoms with Gasteiger partial charge in [0, 0.05) is 10.7 Å². The number of amides is 1. The van der Waals surface area contributed by atoms with Crippen LogP contribution < -0.4 is 10.9 Å². The maximum absolute atomic E-state index is 12.3. The minimum absolute atomic E-state index is 0.0908. The van der Waals surface area contributed by atoms with Gasteiger partial charge in [-0.05, 0) is 49.1 Å². The van der Waals surface area contributed by atoms with Crippen molar-refractivity contribution in [2.75, 3.05) is 0 Å². The largest absolute Gasteiger partial charge is 0.345 e. The van der Waals surface area contributed by atoms with Crippen molar-refractivity contribution >= 4 is 17.5 Å². The number of rotatable bonds is 2. The fourth-order valence-corrected chi connectivity index (χ4v) is 3.02. The fraction of sp³-hybridized carbons (Fsp3) is 0.250. The van der Waals surface area contributed by atoms with Gasteiger partial charge in [-0.3, -0.25) is 9.59 Å². The Morgan fingerprint density at radius 3 is 2.90 bits per heavy atom. The van der Waals surface area contributed by atoms with E-state index in [9.17, 15) is 9.59 Å². The number of carbonyl (C=O) groups is 1. The van der Waals surface area contributed by atoms with Crippen LogP contribution in [0.5, 0.6) is 0 Å². The number of fused-ring (bicyclic) bond motifs is 1. The summed E-state index contributed by atoms with van der Waals surface area (Å²) in [4.78, 5) is 26.7. The molecule has 2 N–H and O–H groups in total. The molecule has 108 valence electrons. The molecule has 1 heterocycles. The average Bonchev–Trinajstić information content (AvgIpc) is 2.83. The van der Waals surface area contributed by atoms with Crippen LogP contribution in [-0.2, 0) is 6.42 Å². The number of hydrogen-bond donors (Lipinski definition) is 2. The van der Waals surface area contributed by atoms with E-state index in [-0.39, 0.29) is 23.1 Å². The van der Waals surface area contributed by atoms with Gasteiger partial charge >= 0.3 is 0 Å². The van der Waals surface area contributed by atoms with E-state index in [2.05, 4.69) is 10.3 Å². The highest BCUT2D eigenvalue weighted by atomic mass is 35.5. The second-order valence-corrected chi connectivity index (χ2v) is 5.66. The molecule has 0 bridgehead atoms. The standard InChI is InChI=1S/C16H15ClN2O2/c1-9-5-6-12(15(20)18-9)16(21)19-14-8-7-10-11(14)3-2-4-13(10)17/h2-6,14H,7-8H2,1H3,(H,18,20)(H,19,21)/t14-/m1/s1. The van der Waals surface area contributed by atoms with Gasteiger partial charge in [-0.2, -0.15) is 0 Å². The van der Waals surface area contributed by atoms with Gasteiger partial charge < -0.3 is 10.3 Å². The fourth-order valence-electron chi connectivity index (χ4n) is 2.75. The lowest BCUT2D eigenvalue weighted by molar-refractivity contribution is 0.0935. The van der Waals surface area contributed by atoms with Gasteiger partial charge in [-0.25, -0.2) is 0 Å². The second-order valence-electron chi connectivity index (χ2n) is 5.26. The first kappa shape index (κ1) is 13.9. The van der Waals surface area contributed by atoms with Crippen molar-refractivity contribution in [3.05, 3.63) is 68.1 Å². The van der Waals surface area contributed by atoms with E-state index in [0.29, 0.717) is 0 Å². The number of aromatic amines is 1. The van der Waals surface area contributed by atoms with Gasteiger partial charge in [0.05, 0.1) is 6.04 Å². The van der Waals surface area contributed by atoms with Crippen LogP contribution in [0.2, 0.25) is 5.02 Å². The Kier molecular flexibility index (Phi) is 3.55. The first-order chi connectivity index (χ1) is 10.1. The molecule has 1 aromatic carbocycles. The molecule has 1 aliphatic rings. The summed E-state index contributed by atoms with van der Waals surface area (Å²) in [7, 11) is 0. The molecule has 2 aromatic rings. The lowest BCUT2D eigenvalue weighted by Crippen LogP contribution is -2.32. The predicted molar refractivity (Wildman–Crippen MR) is 81.8 cm³/mol. The molecule has 1 amide bonds. The summed E-state index contributed by atoms with van der Waals surface area (Å²) in [6.07, 6.45) is 1.64. The SMILES string of the molecule is Cc1ccc(C(=O)N[C@@H]2CCc3c(Cl)cccc32)c(=O)[nH]1. The number of aryl methyl sites for hydroxylation is 1. The molecule has 4 nitrogen and oxygen atoms in total. The highest BCUT2D eigenvalue weighted by Crippen LogP contribution is 2.35. The monoisotopic (exact) mass is 302 g/mol. The zero-order valence-corrected chi connectivity index (χ0v) is 12.3. The Morgan fingerprint density at radius 1 is 1.33 bits per heavy atom. The molecule has 1 atom stereocenters. The van der Waals surface area contributed by atoms with Crippen molar-refractivity contribution in [1.82, 2.24) is 10.3 Å². The molecular formula is C16H15ClN2O2. The number of benzene rings is 1. The van der Waals surface area contributed by atoms with Gasteiger partial charge in [-0.1, -0.05) is 23.7 Å². The molecule has 5 heteroatoms. The summed E-state index contributed by atoms with van der Waals surface area (Å²) in [5.74, 6) is -0.353. The van der Waals surface area contributed by atoms with Gasteiger partial charge in [0.1, 0.15) is 5.56 Å². The van der Waals surface area contributed by atoms with Crippen LogP contribution in [0.3, 0.4) is 0 Å². The maximum atomic E-state index is 12.3. The van der Waals surface area contributed by atoms with E-state index in [1.54, 1.807) is 19.1 Å². The Morgan fingerprint density at radius 2 is 2.14 bits per heavy atom. The van der Waals surface area contributed by atoms with Crippen LogP contribution in [0.1, 0.15) is 39.6 Å². The summed E-state index contributed by atoms with van der Waals surface area (Å²) in [6, 6.07) is 8.89. The summed E-state index contributed by atoms with van der Waals surface area (Å²) in [6.45, 7) is 1.78. The van der Waals surface area contributed by atoms with Gasteiger partial charge in [0.25, 0.3) is 11.5 Å². The first-order valence-electron chi connectivity index (χ1n) is 6.84. The number of aromatic nitrogens is 1. The number of carbonyl (C=O) groups excluding carboxylic acids is 1. The predicted octanol–water partition coefficient (Wildman–Crippen LogP) is 2.75. The zero-order chi connectivity index (χ0) is 15.0. The molecule has 21 heavy (non-hydrogen) atoms. The van der Waals surface area contributed by atoms with Crippen LogP contribution in [0.4, 0.5) is 0 Å². The third kappa shape index (κ3) is 2.59. The van der Waals surface area contributed by atoms with E-state index >= 15 is 0 Å². The highest BCUT2D eigenvalue weighted by Gasteiger charge is 2.26. The van der Waals surface area contributed by atoms with Crippen LogP contribution >= 0.6 is 11.6 Å². The minimum atomic E-state index is -0.364. The number of H-pyrrole nitrogens is 1. The molecule has 0 saturated carbocycles. The molecule has 0 fully saturated rings. The Labute approximate surface area is 127 Å². The molecule has 0 saturated heterocycles. The van der Waals surface area contributed by atoms with Crippen molar-refractivity contribution in [3.8, 4) is 0 Å². The second kappa shape index (κ2) is 5.37. The van der Waals surface area contributed by atoms with Crippen molar-refractivity contribution in [2.24, 2.45) is 0 Å². The van der Waals surface area contributed by atoms with Gasteiger partial charge in [0.2, 0.25) is 0 Å². The van der Waals surface area contributed by atoms with Crippen LogP contribution in [0, 0.1) is 6.92 Å². The molecule has 1 aliphatic carbocycles.